The molecule has 0 unspecified atom stereocenters. The fourth-order valence-electron chi connectivity index (χ4n) is 4.28. The summed E-state index contributed by atoms with van der Waals surface area (Å²) in [6.45, 7) is 5.82. The molecule has 2 aromatic heterocycles. The number of para-hydroxylation sites is 1. The molecule has 11 nitrogen and oxygen atoms in total. The number of methoxy groups -OCH3 is 2. The van der Waals surface area contributed by atoms with Crippen molar-refractivity contribution in [1.29, 1.82) is 0 Å². The highest BCUT2D eigenvalue weighted by molar-refractivity contribution is 7.91. The molecule has 1 aromatic carbocycles. The van der Waals surface area contributed by atoms with E-state index in [2.05, 4.69) is 10.2 Å². The summed E-state index contributed by atoms with van der Waals surface area (Å²) < 4.78 is 51.0. The Kier molecular flexibility index (Phi) is 7.49. The highest BCUT2D eigenvalue weighted by Crippen LogP contribution is 2.37. The zero-order valence-electron chi connectivity index (χ0n) is 21.6. The van der Waals surface area contributed by atoms with Gasteiger partial charge in [0.15, 0.2) is 21.4 Å². The van der Waals surface area contributed by atoms with Crippen molar-refractivity contribution in [1.82, 2.24) is 19.7 Å². The van der Waals surface area contributed by atoms with Crippen LogP contribution in [0.5, 0.6) is 11.5 Å². The molecule has 0 N–H and O–H groups in total. The van der Waals surface area contributed by atoms with Crippen LogP contribution in [-0.2, 0) is 20.3 Å². The van der Waals surface area contributed by atoms with Gasteiger partial charge in [0.05, 0.1) is 25.7 Å². The third kappa shape index (κ3) is 5.74. The first-order valence-electron chi connectivity index (χ1n) is 11.9. The van der Waals surface area contributed by atoms with E-state index < -0.39 is 32.5 Å². The van der Waals surface area contributed by atoms with Gasteiger partial charge in [0, 0.05) is 13.1 Å². The molecule has 3 aromatic rings. The van der Waals surface area contributed by atoms with E-state index >= 15 is 0 Å². The van der Waals surface area contributed by atoms with Crippen LogP contribution in [0.1, 0.15) is 39.4 Å². The Morgan fingerprint density at radius 2 is 1.81 bits per heavy atom. The summed E-state index contributed by atoms with van der Waals surface area (Å²) in [6, 6.07) is 8.66. The molecule has 4 rings (SSSR count). The molecular weight excluding hydrogens is 500 g/mol. The third-order valence-corrected chi connectivity index (χ3v) is 8.03. The van der Waals surface area contributed by atoms with Crippen LogP contribution in [-0.4, -0.2) is 72.3 Å². The molecule has 1 atom stereocenters. The molecular formula is C25H32N4O7S. The lowest BCUT2D eigenvalue weighted by Gasteiger charge is -2.33. The molecule has 1 saturated heterocycles. The number of nitrogens with zero attached hydrogens (tertiary/aromatic N) is 4. The number of hydrogen-bond acceptors (Lipinski definition) is 9. The maximum absolute atomic E-state index is 13.7. The predicted octanol–water partition coefficient (Wildman–Crippen LogP) is 3.86. The third-order valence-electron chi connectivity index (χ3n) is 5.97. The number of sulfone groups is 1. The van der Waals surface area contributed by atoms with Crippen molar-refractivity contribution in [2.45, 2.75) is 50.2 Å². The lowest BCUT2D eigenvalue weighted by molar-refractivity contribution is 0.0219. The first kappa shape index (κ1) is 26.5. The van der Waals surface area contributed by atoms with Crippen LogP contribution in [0.25, 0.3) is 17.3 Å². The normalized spacial score (nSPS) is 16.5. The molecule has 12 heteroatoms. The number of carbonyl (C=O) groups excluding carboxylic acids is 1. The van der Waals surface area contributed by atoms with E-state index in [0.717, 1.165) is 0 Å². The molecule has 0 bridgehead atoms. The van der Waals surface area contributed by atoms with Gasteiger partial charge in [-0.2, -0.15) is 0 Å². The molecule has 1 aliphatic heterocycles. The van der Waals surface area contributed by atoms with Gasteiger partial charge in [-0.3, -0.25) is 4.57 Å². The van der Waals surface area contributed by atoms with Crippen molar-refractivity contribution in [3.05, 3.63) is 42.4 Å². The lowest BCUT2D eigenvalue weighted by atomic mass is 10.1. The number of carbonyl (C=O) groups is 1. The second-order valence-electron chi connectivity index (χ2n) is 9.76. The molecule has 37 heavy (non-hydrogen) atoms. The number of amides is 1. The quantitative estimate of drug-likeness (QED) is 0.446. The molecule has 1 amide bonds. The van der Waals surface area contributed by atoms with Gasteiger partial charge in [0.1, 0.15) is 28.5 Å². The van der Waals surface area contributed by atoms with Gasteiger partial charge in [-0.15, -0.1) is 10.2 Å². The number of hydrogen-bond donors (Lipinski definition) is 0. The zero-order chi connectivity index (χ0) is 26.8. The Balaban J connectivity index is 1.71. The van der Waals surface area contributed by atoms with Gasteiger partial charge in [-0.25, -0.2) is 13.2 Å². The Labute approximate surface area is 216 Å². The van der Waals surface area contributed by atoms with Crippen molar-refractivity contribution in [2.24, 2.45) is 0 Å². The first-order valence-corrected chi connectivity index (χ1v) is 13.6. The molecule has 1 aliphatic rings. The van der Waals surface area contributed by atoms with E-state index in [1.807, 2.05) is 0 Å². The maximum Gasteiger partial charge on any atom is 0.410 e. The second-order valence-corrected chi connectivity index (χ2v) is 12.0. The SMILES string of the molecule is COc1cccc(OC)c1-n1c(CS(=O)(=O)[C@@H]2CCCN(C(=O)OC(C)(C)C)C2)nnc1-c1ccco1. The van der Waals surface area contributed by atoms with Crippen molar-refractivity contribution in [2.75, 3.05) is 27.3 Å². The molecule has 0 saturated carbocycles. The van der Waals surface area contributed by atoms with Crippen molar-refractivity contribution in [3.63, 3.8) is 0 Å². The number of ether oxygens (including phenoxy) is 3. The number of rotatable bonds is 7. The highest BCUT2D eigenvalue weighted by Gasteiger charge is 2.36. The van der Waals surface area contributed by atoms with E-state index in [1.165, 1.54) is 25.4 Å². The lowest BCUT2D eigenvalue weighted by Crippen LogP contribution is -2.47. The topological polar surface area (TPSA) is 126 Å². The van der Waals surface area contributed by atoms with Gasteiger partial charge < -0.3 is 23.5 Å². The number of likely N-dealkylation sites (tertiary alicyclic amines) is 1. The van der Waals surface area contributed by atoms with Crippen LogP contribution in [0, 0.1) is 0 Å². The summed E-state index contributed by atoms with van der Waals surface area (Å²) in [5.41, 5.74) is -0.219. The fraction of sp³-hybridized carbons (Fsp3) is 0.480. The minimum Gasteiger partial charge on any atom is -0.494 e. The van der Waals surface area contributed by atoms with E-state index in [4.69, 9.17) is 18.6 Å². The monoisotopic (exact) mass is 532 g/mol. The number of benzene rings is 1. The van der Waals surface area contributed by atoms with Crippen LogP contribution in [0.3, 0.4) is 0 Å². The summed E-state index contributed by atoms with van der Waals surface area (Å²) in [5.74, 6) is 1.35. The fourth-order valence-corrected chi connectivity index (χ4v) is 6.00. The summed E-state index contributed by atoms with van der Waals surface area (Å²) in [4.78, 5) is 14.1. The van der Waals surface area contributed by atoms with Gasteiger partial charge in [0.25, 0.3) is 0 Å². The predicted molar refractivity (Wildman–Crippen MR) is 136 cm³/mol. The summed E-state index contributed by atoms with van der Waals surface area (Å²) in [6.07, 6.45) is 1.96. The Morgan fingerprint density at radius 3 is 2.41 bits per heavy atom. The van der Waals surface area contributed by atoms with Crippen LogP contribution in [0.2, 0.25) is 0 Å². The van der Waals surface area contributed by atoms with Crippen LogP contribution >= 0.6 is 0 Å². The molecule has 0 radical (unpaired) electrons. The average Bonchev–Trinajstić information content (AvgIpc) is 3.52. The van der Waals surface area contributed by atoms with Gasteiger partial charge in [-0.05, 0) is 57.9 Å². The average molecular weight is 533 g/mol. The number of aromatic nitrogens is 3. The summed E-state index contributed by atoms with van der Waals surface area (Å²) >= 11 is 0. The van der Waals surface area contributed by atoms with Crippen molar-refractivity contribution < 1.29 is 31.8 Å². The van der Waals surface area contributed by atoms with E-state index in [1.54, 1.807) is 55.7 Å². The minimum atomic E-state index is -3.76. The highest BCUT2D eigenvalue weighted by atomic mass is 32.2. The molecule has 0 spiro atoms. The Bertz CT molecular complexity index is 1320. The summed E-state index contributed by atoms with van der Waals surface area (Å²) in [5, 5.41) is 7.72. The Hall–Kier alpha value is -3.54. The molecule has 1 fully saturated rings. The van der Waals surface area contributed by atoms with Crippen LogP contribution < -0.4 is 9.47 Å². The molecule has 200 valence electrons. The van der Waals surface area contributed by atoms with Crippen molar-refractivity contribution >= 4 is 15.9 Å². The van der Waals surface area contributed by atoms with Crippen LogP contribution in [0.4, 0.5) is 4.79 Å². The zero-order valence-corrected chi connectivity index (χ0v) is 22.4. The smallest absolute Gasteiger partial charge is 0.410 e. The minimum absolute atomic E-state index is 0.0500. The summed E-state index contributed by atoms with van der Waals surface area (Å²) in [7, 11) is -0.731. The van der Waals surface area contributed by atoms with Crippen molar-refractivity contribution in [3.8, 4) is 28.8 Å². The van der Waals surface area contributed by atoms with Gasteiger partial charge in [0.2, 0.25) is 5.82 Å². The van der Waals surface area contributed by atoms with E-state index in [9.17, 15) is 13.2 Å². The first-order chi connectivity index (χ1) is 17.5. The number of furan rings is 1. The van der Waals surface area contributed by atoms with Gasteiger partial charge >= 0.3 is 6.09 Å². The standard InChI is InChI=1S/C25H32N4O7S/c1-25(2,3)36-24(30)28-13-7-9-17(15-28)37(31,32)16-21-26-27-23(20-12-8-14-35-20)29(21)22-18(33-4)10-6-11-19(22)34-5/h6,8,10-12,14,17H,7,9,13,15-16H2,1-5H3/t17-/m1/s1. The largest absolute Gasteiger partial charge is 0.494 e. The number of piperidine rings is 1. The van der Waals surface area contributed by atoms with Crippen LogP contribution in [0.15, 0.2) is 41.0 Å². The Morgan fingerprint density at radius 1 is 1.11 bits per heavy atom. The second kappa shape index (κ2) is 10.4. The van der Waals surface area contributed by atoms with Gasteiger partial charge in [-0.1, -0.05) is 6.07 Å². The maximum atomic E-state index is 13.7. The van der Waals surface area contributed by atoms with E-state index in [0.29, 0.717) is 48.2 Å². The van der Waals surface area contributed by atoms with E-state index in [-0.39, 0.29) is 12.4 Å². The molecule has 0 aliphatic carbocycles. The molecule has 3 heterocycles.